The van der Waals surface area contributed by atoms with Crippen LogP contribution in [0.5, 0.6) is 0 Å². The Bertz CT molecular complexity index is 415. The Kier molecular flexibility index (Phi) is 8.03. The Morgan fingerprint density at radius 2 is 2.00 bits per heavy atom. The van der Waals surface area contributed by atoms with Crippen LogP contribution in [-0.2, 0) is 9.47 Å². The van der Waals surface area contributed by atoms with E-state index in [0.29, 0.717) is 30.2 Å². The highest BCUT2D eigenvalue weighted by atomic mass is 127. The molecular weight excluding hydrogens is 419 g/mol. The van der Waals surface area contributed by atoms with Gasteiger partial charge in [0.25, 0.3) is 0 Å². The fourth-order valence-corrected chi connectivity index (χ4v) is 4.06. The Morgan fingerprint density at radius 1 is 1.25 bits per heavy atom. The van der Waals surface area contributed by atoms with Gasteiger partial charge in [0.05, 0.1) is 31.5 Å². The predicted molar refractivity (Wildman–Crippen MR) is 107 cm³/mol. The minimum Gasteiger partial charge on any atom is -0.379 e. The number of hydrogen-bond donors (Lipinski definition) is 2. The fraction of sp³-hybridized carbons (Fsp3) is 0.941. The van der Waals surface area contributed by atoms with Crippen molar-refractivity contribution in [3.05, 3.63) is 0 Å². The molecule has 3 aliphatic rings. The molecular formula is C17H33IN4O2. The summed E-state index contributed by atoms with van der Waals surface area (Å²) < 4.78 is 11.4. The second-order valence-corrected chi connectivity index (χ2v) is 7.27. The van der Waals surface area contributed by atoms with Crippen molar-refractivity contribution in [2.45, 2.75) is 57.4 Å². The van der Waals surface area contributed by atoms with Gasteiger partial charge in [-0.1, -0.05) is 13.8 Å². The number of nitrogens with zero attached hydrogens (tertiary/aromatic N) is 2. The third-order valence-corrected chi connectivity index (χ3v) is 5.41. The zero-order valence-corrected chi connectivity index (χ0v) is 17.5. The molecule has 140 valence electrons. The van der Waals surface area contributed by atoms with E-state index in [4.69, 9.17) is 9.47 Å². The van der Waals surface area contributed by atoms with Gasteiger partial charge < -0.3 is 20.1 Å². The van der Waals surface area contributed by atoms with Gasteiger partial charge in [0.2, 0.25) is 0 Å². The molecule has 0 aliphatic carbocycles. The van der Waals surface area contributed by atoms with Crippen LogP contribution in [0.4, 0.5) is 0 Å². The molecule has 0 saturated carbocycles. The lowest BCUT2D eigenvalue weighted by atomic mass is 9.96. The summed E-state index contributed by atoms with van der Waals surface area (Å²) in [6.07, 6.45) is 4.36. The monoisotopic (exact) mass is 452 g/mol. The Labute approximate surface area is 163 Å². The number of rotatable bonds is 5. The Morgan fingerprint density at radius 3 is 2.54 bits per heavy atom. The molecule has 24 heavy (non-hydrogen) atoms. The summed E-state index contributed by atoms with van der Waals surface area (Å²) in [7, 11) is 1.85. The Hall–Kier alpha value is -0.120. The second kappa shape index (κ2) is 9.54. The van der Waals surface area contributed by atoms with Gasteiger partial charge in [-0.05, 0) is 25.2 Å². The van der Waals surface area contributed by atoms with Crippen molar-refractivity contribution in [1.29, 1.82) is 0 Å². The summed E-state index contributed by atoms with van der Waals surface area (Å²) in [6.45, 7) is 9.24. The van der Waals surface area contributed by atoms with Gasteiger partial charge in [0.15, 0.2) is 5.96 Å². The first kappa shape index (κ1) is 20.2. The molecule has 4 atom stereocenters. The number of guanidine groups is 1. The van der Waals surface area contributed by atoms with E-state index in [2.05, 4.69) is 34.4 Å². The van der Waals surface area contributed by atoms with Crippen molar-refractivity contribution < 1.29 is 9.47 Å². The van der Waals surface area contributed by atoms with Crippen molar-refractivity contribution in [3.63, 3.8) is 0 Å². The first-order valence-corrected chi connectivity index (χ1v) is 9.12. The third kappa shape index (κ3) is 4.95. The van der Waals surface area contributed by atoms with Crippen LogP contribution in [0.15, 0.2) is 4.99 Å². The summed E-state index contributed by atoms with van der Waals surface area (Å²) in [5.41, 5.74) is 0. The van der Waals surface area contributed by atoms with Gasteiger partial charge in [-0.25, -0.2) is 0 Å². The highest BCUT2D eigenvalue weighted by Crippen LogP contribution is 2.34. The largest absolute Gasteiger partial charge is 0.379 e. The molecule has 0 aromatic heterocycles. The number of ether oxygens (including phenoxy) is 2. The van der Waals surface area contributed by atoms with Crippen molar-refractivity contribution >= 4 is 29.9 Å². The molecule has 6 nitrogen and oxygen atoms in total. The predicted octanol–water partition coefficient (Wildman–Crippen LogP) is 1.45. The minimum atomic E-state index is 0. The van der Waals surface area contributed by atoms with E-state index in [9.17, 15) is 0 Å². The lowest BCUT2D eigenvalue weighted by Gasteiger charge is -2.37. The van der Waals surface area contributed by atoms with Crippen molar-refractivity contribution in [2.24, 2.45) is 10.9 Å². The average molecular weight is 452 g/mol. The molecule has 0 aromatic rings. The molecule has 3 rings (SSSR count). The smallest absolute Gasteiger partial charge is 0.191 e. The van der Waals surface area contributed by atoms with Gasteiger partial charge >= 0.3 is 0 Å². The molecule has 0 radical (unpaired) electrons. The van der Waals surface area contributed by atoms with Crippen LogP contribution in [-0.4, -0.2) is 75.0 Å². The molecule has 2 bridgehead atoms. The fourth-order valence-electron chi connectivity index (χ4n) is 4.06. The molecule has 3 aliphatic heterocycles. The van der Waals surface area contributed by atoms with E-state index in [1.54, 1.807) is 0 Å². The lowest BCUT2D eigenvalue weighted by Crippen LogP contribution is -2.54. The van der Waals surface area contributed by atoms with Crippen LogP contribution in [0.2, 0.25) is 0 Å². The maximum absolute atomic E-state index is 5.92. The van der Waals surface area contributed by atoms with Crippen LogP contribution >= 0.6 is 24.0 Å². The van der Waals surface area contributed by atoms with E-state index < -0.39 is 0 Å². The highest BCUT2D eigenvalue weighted by Gasteiger charge is 2.41. The highest BCUT2D eigenvalue weighted by molar-refractivity contribution is 14.0. The molecule has 3 fully saturated rings. The number of hydrogen-bond acceptors (Lipinski definition) is 4. The average Bonchev–Trinajstić information content (AvgIpc) is 3.17. The lowest BCUT2D eigenvalue weighted by molar-refractivity contribution is 0.00750. The maximum atomic E-state index is 5.92. The molecule has 7 heteroatoms. The van der Waals surface area contributed by atoms with Crippen LogP contribution < -0.4 is 10.6 Å². The summed E-state index contributed by atoms with van der Waals surface area (Å²) in [5.74, 6) is 1.51. The van der Waals surface area contributed by atoms with Gasteiger partial charge in [0, 0.05) is 32.7 Å². The zero-order valence-electron chi connectivity index (χ0n) is 15.2. The molecule has 0 spiro atoms. The Balaban J connectivity index is 0.00000208. The standard InChI is InChI=1S/C17H32N4O2.HI/c1-12(2)15(21-6-8-22-9-7-21)11-19-17(18-3)20-14-10-13-4-5-16(14)23-13;/h12-16H,4-11H2,1-3H3,(H2,18,19,20);1H. The van der Waals surface area contributed by atoms with Crippen molar-refractivity contribution in [1.82, 2.24) is 15.5 Å². The number of fused-ring (bicyclic) bond motifs is 2. The zero-order chi connectivity index (χ0) is 16.2. The topological polar surface area (TPSA) is 58.1 Å². The van der Waals surface area contributed by atoms with E-state index in [0.717, 1.165) is 45.2 Å². The van der Waals surface area contributed by atoms with Gasteiger partial charge in [-0.15, -0.1) is 24.0 Å². The number of halogens is 1. The van der Waals surface area contributed by atoms with Crippen LogP contribution in [0, 0.1) is 5.92 Å². The second-order valence-electron chi connectivity index (χ2n) is 7.27. The minimum absolute atomic E-state index is 0. The maximum Gasteiger partial charge on any atom is 0.191 e. The van der Waals surface area contributed by atoms with Gasteiger partial charge in [-0.2, -0.15) is 0 Å². The first-order valence-electron chi connectivity index (χ1n) is 9.12. The summed E-state index contributed by atoms with van der Waals surface area (Å²) in [4.78, 5) is 6.94. The number of morpholine rings is 1. The molecule has 0 amide bonds. The van der Waals surface area contributed by atoms with Crippen LogP contribution in [0.3, 0.4) is 0 Å². The van der Waals surface area contributed by atoms with Gasteiger partial charge in [0.1, 0.15) is 0 Å². The molecule has 4 unspecified atom stereocenters. The van der Waals surface area contributed by atoms with E-state index in [-0.39, 0.29) is 24.0 Å². The summed E-state index contributed by atoms with van der Waals surface area (Å²) in [6, 6.07) is 0.926. The van der Waals surface area contributed by atoms with Crippen molar-refractivity contribution in [3.8, 4) is 0 Å². The normalized spacial score (nSPS) is 31.8. The van der Waals surface area contributed by atoms with E-state index >= 15 is 0 Å². The quantitative estimate of drug-likeness (QED) is 0.376. The molecule has 3 heterocycles. The molecule has 0 aromatic carbocycles. The van der Waals surface area contributed by atoms with Crippen LogP contribution in [0.1, 0.15) is 33.1 Å². The third-order valence-electron chi connectivity index (χ3n) is 5.41. The number of nitrogens with one attached hydrogen (secondary N) is 2. The van der Waals surface area contributed by atoms with Gasteiger partial charge in [-0.3, -0.25) is 9.89 Å². The molecule has 2 N–H and O–H groups in total. The van der Waals surface area contributed by atoms with E-state index in [1.165, 1.54) is 12.8 Å². The van der Waals surface area contributed by atoms with E-state index in [1.807, 2.05) is 7.05 Å². The first-order chi connectivity index (χ1) is 11.2. The van der Waals surface area contributed by atoms with Crippen molar-refractivity contribution in [2.75, 3.05) is 39.9 Å². The summed E-state index contributed by atoms with van der Waals surface area (Å²) >= 11 is 0. The number of aliphatic imine (C=N–C) groups is 1. The summed E-state index contributed by atoms with van der Waals surface area (Å²) in [5, 5.41) is 7.10. The van der Waals surface area contributed by atoms with Crippen LogP contribution in [0.25, 0.3) is 0 Å². The molecule has 3 saturated heterocycles. The SMILES string of the molecule is CN=C(NCC(C(C)C)N1CCOCC1)NC1CC2CCC1O2.I.